The fraction of sp³-hybridized carbons (Fsp3) is 0.222. The Morgan fingerprint density at radius 3 is 2.48 bits per heavy atom. The lowest BCUT2D eigenvalue weighted by atomic mass is 10.1. The summed E-state index contributed by atoms with van der Waals surface area (Å²) in [5.74, 6) is 0.968. The number of sulfone groups is 1. The maximum Gasteiger partial charge on any atom is 0.224 e. The van der Waals surface area contributed by atoms with E-state index in [1.54, 1.807) is 18.2 Å². The molecular weight excluding hydrogens is 624 g/mol. The maximum absolute atomic E-state index is 13.0. The van der Waals surface area contributed by atoms with Crippen molar-refractivity contribution in [1.82, 2.24) is 4.98 Å². The van der Waals surface area contributed by atoms with Gasteiger partial charge in [-0.15, -0.1) is 0 Å². The third-order valence-corrected chi connectivity index (χ3v) is 9.35. The highest BCUT2D eigenvalue weighted by Crippen LogP contribution is 2.28. The number of halogens is 1. The van der Waals surface area contributed by atoms with Crippen molar-refractivity contribution in [3.8, 4) is 11.5 Å². The largest absolute Gasteiger partial charge is 0.487 e. The van der Waals surface area contributed by atoms with Crippen molar-refractivity contribution in [2.75, 3.05) is 25.0 Å². The molecule has 0 aliphatic rings. The van der Waals surface area contributed by atoms with Crippen molar-refractivity contribution in [3.63, 3.8) is 0 Å². The van der Waals surface area contributed by atoms with Crippen LogP contribution in [0.5, 0.6) is 11.5 Å². The fourth-order valence-electron chi connectivity index (χ4n) is 4.91. The van der Waals surface area contributed by atoms with Gasteiger partial charge in [-0.3, -0.25) is 4.79 Å². The van der Waals surface area contributed by atoms with Crippen LogP contribution in [0.2, 0.25) is 5.02 Å². The summed E-state index contributed by atoms with van der Waals surface area (Å²) in [5.41, 5.74) is 4.09. The molecule has 0 radical (unpaired) electrons. The van der Waals surface area contributed by atoms with Crippen molar-refractivity contribution in [2.24, 2.45) is 0 Å². The molecule has 0 fully saturated rings. The quantitative estimate of drug-likeness (QED) is 0.117. The van der Waals surface area contributed by atoms with Crippen LogP contribution in [0.1, 0.15) is 29.7 Å². The Bertz CT molecular complexity index is 1900. The lowest BCUT2D eigenvalue weighted by Crippen LogP contribution is -2.14. The molecule has 46 heavy (non-hydrogen) atoms. The number of aromatic nitrogens is 1. The first-order chi connectivity index (χ1) is 22.3. The van der Waals surface area contributed by atoms with E-state index in [1.165, 1.54) is 19.2 Å². The van der Waals surface area contributed by atoms with Crippen molar-refractivity contribution >= 4 is 43.9 Å². The SMILES string of the molecule is COCOc1ccc(CCCS(=O)(=O)c2ccc(Cl)cc2)cc1NC(=O)CCc1cccc(OCc2ccc3ccccc3n2)c1. The minimum atomic E-state index is -3.44. The Labute approximate surface area is 274 Å². The van der Waals surface area contributed by atoms with Crippen LogP contribution in [-0.2, 0) is 38.8 Å². The average molecular weight is 659 g/mol. The van der Waals surface area contributed by atoms with Crippen LogP contribution in [0.3, 0.4) is 0 Å². The van der Waals surface area contributed by atoms with Gasteiger partial charge in [-0.05, 0) is 91.1 Å². The third kappa shape index (κ3) is 9.29. The standard InChI is InChI=1S/C36H35ClN2O6S/c1-43-25-45-35-19-11-27(7-5-21-46(41,42)32-17-14-29(37)15-18-32)23-34(35)39-36(40)20-12-26-6-4-9-31(22-26)44-24-30-16-13-28-8-2-3-10-33(28)38-30/h2-4,6,8-11,13-19,22-23H,5,7,12,20-21,24-25H2,1H3,(H,39,40). The monoisotopic (exact) mass is 658 g/mol. The van der Waals surface area contributed by atoms with E-state index in [1.807, 2.05) is 72.8 Å². The van der Waals surface area contributed by atoms with Crippen molar-refractivity contribution in [2.45, 2.75) is 37.2 Å². The van der Waals surface area contributed by atoms with Gasteiger partial charge >= 0.3 is 0 Å². The van der Waals surface area contributed by atoms with Crippen LogP contribution in [0.4, 0.5) is 5.69 Å². The minimum Gasteiger partial charge on any atom is -0.487 e. The summed E-state index contributed by atoms with van der Waals surface area (Å²) in [4.78, 5) is 17.9. The van der Waals surface area contributed by atoms with Gasteiger partial charge in [-0.1, -0.05) is 54.1 Å². The molecule has 1 aromatic heterocycles. The Balaban J connectivity index is 1.16. The van der Waals surface area contributed by atoms with Gasteiger partial charge in [0.1, 0.15) is 18.1 Å². The van der Waals surface area contributed by atoms with Gasteiger partial charge in [0.05, 0.1) is 27.5 Å². The van der Waals surface area contributed by atoms with Crippen molar-refractivity contribution < 1.29 is 27.4 Å². The zero-order valence-corrected chi connectivity index (χ0v) is 27.0. The van der Waals surface area contributed by atoms with Crippen molar-refractivity contribution in [3.05, 3.63) is 125 Å². The van der Waals surface area contributed by atoms with Crippen LogP contribution in [0, 0.1) is 0 Å². The van der Waals surface area contributed by atoms with Crippen LogP contribution in [0.25, 0.3) is 10.9 Å². The number of aryl methyl sites for hydroxylation is 2. The van der Waals surface area contributed by atoms with Gasteiger partial charge in [0, 0.05) is 23.9 Å². The molecule has 5 aromatic rings. The minimum absolute atomic E-state index is 0.0141. The number of carbonyl (C=O) groups excluding carboxylic acids is 1. The van der Waals surface area contributed by atoms with Gasteiger partial charge in [-0.25, -0.2) is 13.4 Å². The predicted molar refractivity (Wildman–Crippen MR) is 180 cm³/mol. The first-order valence-electron chi connectivity index (χ1n) is 14.9. The number of para-hydroxylation sites is 1. The molecule has 0 saturated heterocycles. The Hall–Kier alpha value is -4.44. The molecule has 0 unspecified atom stereocenters. The van der Waals surface area contributed by atoms with Gasteiger partial charge in [0.15, 0.2) is 16.6 Å². The van der Waals surface area contributed by atoms with E-state index >= 15 is 0 Å². The van der Waals surface area contributed by atoms with E-state index in [0.29, 0.717) is 48.1 Å². The van der Waals surface area contributed by atoms with Crippen LogP contribution in [-0.4, -0.2) is 39.0 Å². The normalized spacial score (nSPS) is 11.3. The molecule has 238 valence electrons. The number of anilines is 1. The molecule has 10 heteroatoms. The lowest BCUT2D eigenvalue weighted by molar-refractivity contribution is -0.116. The number of carbonyl (C=O) groups is 1. The summed E-state index contributed by atoms with van der Waals surface area (Å²) in [6, 6.07) is 31.2. The molecule has 0 bridgehead atoms. The fourth-order valence-corrected chi connectivity index (χ4v) is 6.35. The number of amides is 1. The molecule has 8 nitrogen and oxygen atoms in total. The molecule has 5 rings (SSSR count). The highest BCUT2D eigenvalue weighted by molar-refractivity contribution is 7.91. The Morgan fingerprint density at radius 1 is 0.848 bits per heavy atom. The Morgan fingerprint density at radius 2 is 1.65 bits per heavy atom. The van der Waals surface area contributed by atoms with E-state index in [2.05, 4.69) is 10.3 Å². The number of hydrogen-bond acceptors (Lipinski definition) is 7. The van der Waals surface area contributed by atoms with Crippen molar-refractivity contribution in [1.29, 1.82) is 0 Å². The predicted octanol–water partition coefficient (Wildman–Crippen LogP) is 7.43. The number of pyridine rings is 1. The summed E-state index contributed by atoms with van der Waals surface area (Å²) >= 11 is 5.89. The highest BCUT2D eigenvalue weighted by Gasteiger charge is 2.15. The summed E-state index contributed by atoms with van der Waals surface area (Å²) in [6.07, 6.45) is 1.66. The van der Waals surface area contributed by atoms with Gasteiger partial charge in [0.25, 0.3) is 0 Å². The van der Waals surface area contributed by atoms with E-state index in [-0.39, 0.29) is 29.8 Å². The number of hydrogen-bond donors (Lipinski definition) is 1. The molecule has 1 amide bonds. The first kappa shape index (κ1) is 32.9. The van der Waals surface area contributed by atoms with Crippen LogP contribution >= 0.6 is 11.6 Å². The number of methoxy groups -OCH3 is 1. The topological polar surface area (TPSA) is 104 Å². The van der Waals surface area contributed by atoms with E-state index < -0.39 is 9.84 Å². The zero-order valence-electron chi connectivity index (χ0n) is 25.4. The second-order valence-corrected chi connectivity index (χ2v) is 13.3. The molecule has 1 heterocycles. The second-order valence-electron chi connectivity index (χ2n) is 10.7. The van der Waals surface area contributed by atoms with Crippen LogP contribution in [0.15, 0.2) is 108 Å². The summed E-state index contributed by atoms with van der Waals surface area (Å²) in [7, 11) is -1.92. The number of nitrogens with one attached hydrogen (secondary N) is 1. The molecule has 4 aromatic carbocycles. The third-order valence-electron chi connectivity index (χ3n) is 7.28. The van der Waals surface area contributed by atoms with Crippen LogP contribution < -0.4 is 14.8 Å². The highest BCUT2D eigenvalue weighted by atomic mass is 35.5. The molecule has 0 saturated carbocycles. The molecule has 0 atom stereocenters. The van der Waals surface area contributed by atoms with E-state index in [4.69, 9.17) is 25.8 Å². The second kappa shape index (κ2) is 15.7. The molecule has 0 aliphatic heterocycles. The smallest absolute Gasteiger partial charge is 0.224 e. The number of rotatable bonds is 15. The first-order valence-corrected chi connectivity index (χ1v) is 16.9. The average Bonchev–Trinajstić information content (AvgIpc) is 3.06. The van der Waals surface area contributed by atoms with E-state index in [9.17, 15) is 13.2 Å². The number of nitrogens with zero attached hydrogens (tertiary/aromatic N) is 1. The molecule has 0 spiro atoms. The zero-order chi connectivity index (χ0) is 32.4. The molecule has 0 aliphatic carbocycles. The van der Waals surface area contributed by atoms with Gasteiger partial charge in [0.2, 0.25) is 5.91 Å². The van der Waals surface area contributed by atoms with Gasteiger partial charge in [-0.2, -0.15) is 0 Å². The number of fused-ring (bicyclic) bond motifs is 1. The maximum atomic E-state index is 13.0. The summed E-state index contributed by atoms with van der Waals surface area (Å²) < 4.78 is 42.2. The number of benzene rings is 4. The molecule has 1 N–H and O–H groups in total. The molecular formula is C36H35ClN2O6S. The number of ether oxygens (including phenoxy) is 3. The summed E-state index contributed by atoms with van der Waals surface area (Å²) in [5, 5.41) is 4.52. The Kier molecular flexibility index (Phi) is 11.3. The summed E-state index contributed by atoms with van der Waals surface area (Å²) in [6.45, 7) is 0.353. The van der Waals surface area contributed by atoms with Gasteiger partial charge < -0.3 is 19.5 Å². The lowest BCUT2D eigenvalue weighted by Gasteiger charge is -2.14. The van der Waals surface area contributed by atoms with E-state index in [0.717, 1.165) is 27.7 Å².